The first kappa shape index (κ1) is 18.4. The molecule has 8 nitrogen and oxygen atoms in total. The maximum atomic E-state index is 12.8. The Morgan fingerprint density at radius 2 is 1.83 bits per heavy atom. The van der Waals surface area contributed by atoms with Gasteiger partial charge in [-0.2, -0.15) is 5.10 Å². The molecule has 8 heteroatoms. The van der Waals surface area contributed by atoms with E-state index in [2.05, 4.69) is 20.4 Å². The molecule has 29 heavy (non-hydrogen) atoms. The molecule has 0 aliphatic heterocycles. The summed E-state index contributed by atoms with van der Waals surface area (Å²) in [6.07, 6.45) is 1.71. The van der Waals surface area contributed by atoms with Gasteiger partial charge in [-0.05, 0) is 37.3 Å². The van der Waals surface area contributed by atoms with E-state index in [9.17, 15) is 4.79 Å². The molecule has 1 N–H and O–H groups in total. The standard InChI is InChI=1S/C21H19N5O3/c1-13-10-17(21(27)23-14-7-8-18(28-2)19(11-14)29-3)24-20-12-16(25-26(13)20)15-6-4-5-9-22-15/h4-12H,1-3H3,(H,23,27). The predicted molar refractivity (Wildman–Crippen MR) is 108 cm³/mol. The molecule has 3 heterocycles. The van der Waals surface area contributed by atoms with Crippen molar-refractivity contribution in [3.63, 3.8) is 0 Å². The molecule has 0 aliphatic carbocycles. The fourth-order valence-corrected chi connectivity index (χ4v) is 2.99. The summed E-state index contributed by atoms with van der Waals surface area (Å²) in [5.41, 5.74) is 3.66. The maximum Gasteiger partial charge on any atom is 0.274 e. The smallest absolute Gasteiger partial charge is 0.274 e. The normalized spacial score (nSPS) is 10.7. The van der Waals surface area contributed by atoms with Crippen molar-refractivity contribution in [3.05, 3.63) is 66.1 Å². The molecule has 0 atom stereocenters. The van der Waals surface area contributed by atoms with E-state index in [0.717, 1.165) is 11.4 Å². The highest BCUT2D eigenvalue weighted by atomic mass is 16.5. The molecule has 1 aromatic carbocycles. The van der Waals surface area contributed by atoms with E-state index < -0.39 is 0 Å². The topological polar surface area (TPSA) is 90.6 Å². The Labute approximate surface area is 167 Å². The SMILES string of the molecule is COc1ccc(NC(=O)c2cc(C)n3nc(-c4ccccn4)cc3n2)cc1OC. The second-order valence-corrected chi connectivity index (χ2v) is 6.32. The van der Waals surface area contributed by atoms with Crippen LogP contribution in [0.4, 0.5) is 5.69 Å². The Morgan fingerprint density at radius 3 is 2.55 bits per heavy atom. The number of aryl methyl sites for hydroxylation is 1. The van der Waals surface area contributed by atoms with Crippen molar-refractivity contribution in [2.45, 2.75) is 6.92 Å². The Morgan fingerprint density at radius 1 is 1.00 bits per heavy atom. The van der Waals surface area contributed by atoms with Crippen molar-refractivity contribution in [2.75, 3.05) is 19.5 Å². The number of rotatable bonds is 5. The van der Waals surface area contributed by atoms with Gasteiger partial charge in [-0.25, -0.2) is 9.50 Å². The van der Waals surface area contributed by atoms with Crippen LogP contribution < -0.4 is 14.8 Å². The molecule has 146 valence electrons. The summed E-state index contributed by atoms with van der Waals surface area (Å²) in [5, 5.41) is 7.37. The van der Waals surface area contributed by atoms with Crippen molar-refractivity contribution in [2.24, 2.45) is 0 Å². The molecule has 0 radical (unpaired) electrons. The summed E-state index contributed by atoms with van der Waals surface area (Å²) in [4.78, 5) is 21.5. The number of nitrogens with one attached hydrogen (secondary N) is 1. The van der Waals surface area contributed by atoms with Gasteiger partial charge in [-0.1, -0.05) is 6.07 Å². The monoisotopic (exact) mass is 389 g/mol. The molecule has 4 aromatic rings. The zero-order chi connectivity index (χ0) is 20.4. The van der Waals surface area contributed by atoms with E-state index >= 15 is 0 Å². The average Bonchev–Trinajstić information content (AvgIpc) is 3.19. The number of anilines is 1. The van der Waals surface area contributed by atoms with Crippen LogP contribution in [-0.2, 0) is 0 Å². The summed E-state index contributed by atoms with van der Waals surface area (Å²) in [7, 11) is 3.10. The Kier molecular flexibility index (Phi) is 4.82. The number of methoxy groups -OCH3 is 2. The van der Waals surface area contributed by atoms with E-state index in [1.807, 2.05) is 31.2 Å². The second kappa shape index (κ2) is 7.59. The third-order valence-corrected chi connectivity index (χ3v) is 4.41. The van der Waals surface area contributed by atoms with Gasteiger partial charge >= 0.3 is 0 Å². The first-order chi connectivity index (χ1) is 14.1. The largest absolute Gasteiger partial charge is 0.493 e. The minimum Gasteiger partial charge on any atom is -0.493 e. The van der Waals surface area contributed by atoms with Gasteiger partial charge in [0.1, 0.15) is 11.4 Å². The van der Waals surface area contributed by atoms with E-state index in [1.54, 1.807) is 49.2 Å². The third kappa shape index (κ3) is 3.60. The first-order valence-corrected chi connectivity index (χ1v) is 8.91. The van der Waals surface area contributed by atoms with Crippen molar-refractivity contribution < 1.29 is 14.3 Å². The predicted octanol–water partition coefficient (Wildman–Crippen LogP) is 3.37. The number of amides is 1. The Balaban J connectivity index is 1.64. The van der Waals surface area contributed by atoms with Crippen LogP contribution in [0.2, 0.25) is 0 Å². The lowest BCUT2D eigenvalue weighted by Gasteiger charge is -2.10. The zero-order valence-corrected chi connectivity index (χ0v) is 16.2. The first-order valence-electron chi connectivity index (χ1n) is 8.91. The van der Waals surface area contributed by atoms with Gasteiger partial charge < -0.3 is 14.8 Å². The Hall–Kier alpha value is -3.94. The summed E-state index contributed by atoms with van der Waals surface area (Å²) in [5.74, 6) is 0.784. The highest BCUT2D eigenvalue weighted by molar-refractivity contribution is 6.03. The number of aromatic nitrogens is 4. The Bertz CT molecular complexity index is 1190. The number of hydrogen-bond acceptors (Lipinski definition) is 6. The number of carbonyl (C=O) groups is 1. The van der Waals surface area contributed by atoms with Gasteiger partial charge in [0.25, 0.3) is 5.91 Å². The molecular weight excluding hydrogens is 370 g/mol. The van der Waals surface area contributed by atoms with E-state index in [1.165, 1.54) is 0 Å². The molecule has 0 fully saturated rings. The van der Waals surface area contributed by atoms with Gasteiger partial charge in [0.15, 0.2) is 17.1 Å². The van der Waals surface area contributed by atoms with Crippen molar-refractivity contribution in [3.8, 4) is 22.9 Å². The van der Waals surface area contributed by atoms with Gasteiger partial charge in [0.2, 0.25) is 0 Å². The zero-order valence-electron chi connectivity index (χ0n) is 16.2. The highest BCUT2D eigenvalue weighted by Gasteiger charge is 2.15. The van der Waals surface area contributed by atoms with Gasteiger partial charge in [-0.15, -0.1) is 0 Å². The number of carbonyl (C=O) groups excluding carboxylic acids is 1. The molecule has 0 saturated carbocycles. The number of benzene rings is 1. The molecule has 4 rings (SSSR count). The lowest BCUT2D eigenvalue weighted by Crippen LogP contribution is -2.15. The van der Waals surface area contributed by atoms with E-state index in [-0.39, 0.29) is 11.6 Å². The number of hydrogen-bond donors (Lipinski definition) is 1. The van der Waals surface area contributed by atoms with Crippen LogP contribution in [0.15, 0.2) is 54.7 Å². The molecular formula is C21H19N5O3. The molecule has 3 aromatic heterocycles. The van der Waals surface area contributed by atoms with Gasteiger partial charge in [0, 0.05) is 29.7 Å². The van der Waals surface area contributed by atoms with Crippen LogP contribution in [0.25, 0.3) is 17.0 Å². The van der Waals surface area contributed by atoms with Crippen LogP contribution in [0.3, 0.4) is 0 Å². The van der Waals surface area contributed by atoms with E-state index in [0.29, 0.717) is 28.5 Å². The summed E-state index contributed by atoms with van der Waals surface area (Å²) >= 11 is 0. The summed E-state index contributed by atoms with van der Waals surface area (Å²) in [6.45, 7) is 1.87. The van der Waals surface area contributed by atoms with Crippen molar-refractivity contribution in [1.82, 2.24) is 19.6 Å². The van der Waals surface area contributed by atoms with Crippen molar-refractivity contribution in [1.29, 1.82) is 0 Å². The summed E-state index contributed by atoms with van der Waals surface area (Å²) < 4.78 is 12.2. The molecule has 0 spiro atoms. The van der Waals surface area contributed by atoms with Crippen LogP contribution in [0.1, 0.15) is 16.2 Å². The van der Waals surface area contributed by atoms with Crippen LogP contribution in [-0.4, -0.2) is 39.7 Å². The minimum absolute atomic E-state index is 0.289. The van der Waals surface area contributed by atoms with E-state index in [4.69, 9.17) is 9.47 Å². The fourth-order valence-electron chi connectivity index (χ4n) is 2.99. The lowest BCUT2D eigenvalue weighted by atomic mass is 10.2. The van der Waals surface area contributed by atoms with Crippen molar-refractivity contribution >= 4 is 17.2 Å². The van der Waals surface area contributed by atoms with Gasteiger partial charge in [-0.3, -0.25) is 9.78 Å². The second-order valence-electron chi connectivity index (χ2n) is 6.32. The third-order valence-electron chi connectivity index (χ3n) is 4.41. The van der Waals surface area contributed by atoms with Gasteiger partial charge in [0.05, 0.1) is 19.9 Å². The quantitative estimate of drug-likeness (QED) is 0.563. The van der Waals surface area contributed by atoms with Crippen LogP contribution in [0.5, 0.6) is 11.5 Å². The summed E-state index contributed by atoms with van der Waals surface area (Å²) in [6, 6.07) is 14.3. The average molecular weight is 389 g/mol. The number of ether oxygens (including phenoxy) is 2. The molecule has 0 aliphatic rings. The van der Waals surface area contributed by atoms with Crippen LogP contribution >= 0.6 is 0 Å². The lowest BCUT2D eigenvalue weighted by molar-refractivity contribution is 0.102. The number of pyridine rings is 1. The maximum absolute atomic E-state index is 12.8. The molecule has 1 amide bonds. The minimum atomic E-state index is -0.330. The fraction of sp³-hybridized carbons (Fsp3) is 0.143. The molecule has 0 saturated heterocycles. The molecule has 0 bridgehead atoms. The van der Waals surface area contributed by atoms with Crippen LogP contribution in [0, 0.1) is 6.92 Å². The number of nitrogens with zero attached hydrogens (tertiary/aromatic N) is 4. The molecule has 0 unspecified atom stereocenters. The number of fused-ring (bicyclic) bond motifs is 1. The highest BCUT2D eigenvalue weighted by Crippen LogP contribution is 2.30.